The van der Waals surface area contributed by atoms with Crippen LogP contribution >= 0.6 is 0 Å². The van der Waals surface area contributed by atoms with Gasteiger partial charge in [-0.25, -0.2) is 0 Å². The van der Waals surface area contributed by atoms with Crippen molar-refractivity contribution in [1.29, 1.82) is 0 Å². The van der Waals surface area contributed by atoms with Gasteiger partial charge >= 0.3 is 0 Å². The van der Waals surface area contributed by atoms with Crippen molar-refractivity contribution in [2.45, 2.75) is 34.6 Å². The smallest absolute Gasteiger partial charge is 0.261 e. The van der Waals surface area contributed by atoms with Crippen molar-refractivity contribution < 1.29 is 13.0 Å². The van der Waals surface area contributed by atoms with E-state index in [9.17, 15) is 8.42 Å². The standard InChI is InChI=1S/3C7H8.C2H6.CH4O3S/c3*1-7-5-3-2-4-6-7;1-2;1-5(2,3)4/h3*2-6H,1H3;1-2H3;1H3,(H,2,3,4). The monoisotopic (exact) mass is 402 g/mol. The van der Waals surface area contributed by atoms with Crippen molar-refractivity contribution in [3.05, 3.63) is 108 Å². The molecular formula is C24H34O3S. The first kappa shape index (κ1) is 27.8. The van der Waals surface area contributed by atoms with E-state index in [-0.39, 0.29) is 0 Å². The third-order valence-electron chi connectivity index (χ3n) is 2.82. The Bertz CT molecular complexity index is 688. The second kappa shape index (κ2) is 18.0. The summed E-state index contributed by atoms with van der Waals surface area (Å²) in [5, 5.41) is 0. The molecule has 3 aromatic rings. The molecule has 0 saturated carbocycles. The largest absolute Gasteiger partial charge is 0.286 e. The van der Waals surface area contributed by atoms with Gasteiger partial charge in [-0.1, -0.05) is 122 Å². The van der Waals surface area contributed by atoms with E-state index >= 15 is 0 Å². The van der Waals surface area contributed by atoms with Gasteiger partial charge in [0.05, 0.1) is 6.26 Å². The molecule has 0 heterocycles. The van der Waals surface area contributed by atoms with Crippen molar-refractivity contribution in [3.8, 4) is 0 Å². The molecule has 0 aromatic heterocycles. The van der Waals surface area contributed by atoms with E-state index in [2.05, 4.69) is 57.2 Å². The highest BCUT2D eigenvalue weighted by molar-refractivity contribution is 7.85. The van der Waals surface area contributed by atoms with Gasteiger partial charge in [-0.2, -0.15) is 8.42 Å². The molecule has 0 aliphatic carbocycles. The summed E-state index contributed by atoms with van der Waals surface area (Å²) in [5.74, 6) is 0. The molecule has 4 heteroatoms. The lowest BCUT2D eigenvalue weighted by atomic mass is 10.2. The Balaban J connectivity index is 0. The Morgan fingerprint density at radius 1 is 0.536 bits per heavy atom. The third-order valence-corrected chi connectivity index (χ3v) is 2.82. The Morgan fingerprint density at radius 2 is 0.679 bits per heavy atom. The van der Waals surface area contributed by atoms with Crippen molar-refractivity contribution in [2.24, 2.45) is 0 Å². The molecule has 0 spiro atoms. The number of aryl methyl sites for hydroxylation is 3. The summed E-state index contributed by atoms with van der Waals surface area (Å²) in [4.78, 5) is 0. The van der Waals surface area contributed by atoms with E-state index in [0.717, 1.165) is 0 Å². The molecule has 0 radical (unpaired) electrons. The number of hydrogen-bond donors (Lipinski definition) is 1. The molecule has 0 atom stereocenters. The van der Waals surface area contributed by atoms with Gasteiger partial charge < -0.3 is 0 Å². The minimum absolute atomic E-state index is 0.715. The van der Waals surface area contributed by atoms with Crippen LogP contribution in [-0.2, 0) is 10.1 Å². The van der Waals surface area contributed by atoms with Gasteiger partial charge in [-0.3, -0.25) is 4.55 Å². The van der Waals surface area contributed by atoms with E-state index in [1.165, 1.54) is 16.7 Å². The molecule has 0 aliphatic heterocycles. The summed E-state index contributed by atoms with van der Waals surface area (Å²) in [6, 6.07) is 30.8. The molecule has 0 aliphatic rings. The van der Waals surface area contributed by atoms with E-state index in [1.54, 1.807) is 0 Å². The van der Waals surface area contributed by atoms with Crippen molar-refractivity contribution >= 4 is 10.1 Å². The van der Waals surface area contributed by atoms with Gasteiger partial charge in [0, 0.05) is 0 Å². The lowest BCUT2D eigenvalue weighted by Gasteiger charge is -1.82. The highest BCUT2D eigenvalue weighted by atomic mass is 32.2. The first-order valence-electron chi connectivity index (χ1n) is 9.16. The van der Waals surface area contributed by atoms with Gasteiger partial charge in [0.1, 0.15) is 0 Å². The molecule has 0 fully saturated rings. The summed E-state index contributed by atoms with van der Waals surface area (Å²) < 4.78 is 25.9. The van der Waals surface area contributed by atoms with Gasteiger partial charge in [-0.15, -0.1) is 0 Å². The molecule has 3 nitrogen and oxygen atoms in total. The summed E-state index contributed by atoms with van der Waals surface area (Å²) in [5.41, 5.74) is 3.97. The van der Waals surface area contributed by atoms with Crippen LogP contribution in [0.3, 0.4) is 0 Å². The Morgan fingerprint density at radius 3 is 0.750 bits per heavy atom. The number of benzene rings is 3. The zero-order valence-electron chi connectivity index (χ0n) is 17.8. The summed E-state index contributed by atoms with van der Waals surface area (Å²) in [6.45, 7) is 10.3. The quantitative estimate of drug-likeness (QED) is 0.436. The maximum absolute atomic E-state index is 9.19. The zero-order chi connectivity index (χ0) is 21.8. The molecule has 154 valence electrons. The molecule has 0 unspecified atom stereocenters. The maximum Gasteiger partial charge on any atom is 0.261 e. The average Bonchev–Trinajstić information content (AvgIpc) is 2.65. The number of hydrogen-bond acceptors (Lipinski definition) is 2. The van der Waals surface area contributed by atoms with Crippen LogP contribution in [0.2, 0.25) is 0 Å². The maximum atomic E-state index is 9.19. The first-order valence-corrected chi connectivity index (χ1v) is 11.0. The van der Waals surface area contributed by atoms with E-state index in [1.807, 2.05) is 68.4 Å². The molecule has 0 bridgehead atoms. The predicted octanol–water partition coefficient (Wildman–Crippen LogP) is 6.52. The molecule has 1 N–H and O–H groups in total. The molecule has 3 aromatic carbocycles. The molecule has 0 saturated heterocycles. The minimum Gasteiger partial charge on any atom is -0.286 e. The second-order valence-electron chi connectivity index (χ2n) is 5.70. The van der Waals surface area contributed by atoms with Crippen molar-refractivity contribution in [2.75, 3.05) is 6.26 Å². The van der Waals surface area contributed by atoms with Crippen LogP contribution in [0.5, 0.6) is 0 Å². The predicted molar refractivity (Wildman–Crippen MR) is 122 cm³/mol. The van der Waals surface area contributed by atoms with Crippen LogP contribution in [0.4, 0.5) is 0 Å². The van der Waals surface area contributed by atoms with Gasteiger partial charge in [-0.05, 0) is 20.8 Å². The topological polar surface area (TPSA) is 54.4 Å². The number of rotatable bonds is 0. The van der Waals surface area contributed by atoms with Crippen LogP contribution in [0.1, 0.15) is 30.5 Å². The van der Waals surface area contributed by atoms with Crippen LogP contribution in [0.25, 0.3) is 0 Å². The highest BCUT2D eigenvalue weighted by Gasteiger charge is 1.81. The van der Waals surface area contributed by atoms with Crippen LogP contribution in [0.15, 0.2) is 91.0 Å². The second-order valence-corrected chi connectivity index (χ2v) is 7.16. The van der Waals surface area contributed by atoms with Crippen LogP contribution < -0.4 is 0 Å². The fraction of sp³-hybridized carbons (Fsp3) is 0.250. The highest BCUT2D eigenvalue weighted by Crippen LogP contribution is 1.93. The van der Waals surface area contributed by atoms with Gasteiger partial charge in [0.2, 0.25) is 0 Å². The van der Waals surface area contributed by atoms with Crippen LogP contribution in [0, 0.1) is 20.8 Å². The Hall–Kier alpha value is -2.43. The van der Waals surface area contributed by atoms with Crippen molar-refractivity contribution in [1.82, 2.24) is 0 Å². The summed E-state index contributed by atoms with van der Waals surface area (Å²) >= 11 is 0. The fourth-order valence-electron chi connectivity index (χ4n) is 1.60. The van der Waals surface area contributed by atoms with Crippen LogP contribution in [-0.4, -0.2) is 19.2 Å². The molecular weight excluding hydrogens is 368 g/mol. The zero-order valence-corrected chi connectivity index (χ0v) is 18.6. The van der Waals surface area contributed by atoms with E-state index < -0.39 is 10.1 Å². The summed E-state index contributed by atoms with van der Waals surface area (Å²) in [6.07, 6.45) is 0.715. The SMILES string of the molecule is CC.CS(=O)(=O)O.Cc1ccccc1.Cc1ccccc1.Cc1ccccc1. The minimum atomic E-state index is -3.67. The average molecular weight is 403 g/mol. The normalized spacial score (nSPS) is 8.82. The third kappa shape index (κ3) is 25.8. The summed E-state index contributed by atoms with van der Waals surface area (Å²) in [7, 11) is -3.67. The molecule has 3 rings (SSSR count). The Labute approximate surface area is 171 Å². The van der Waals surface area contributed by atoms with E-state index in [4.69, 9.17) is 4.55 Å². The van der Waals surface area contributed by atoms with E-state index in [0.29, 0.717) is 6.26 Å². The van der Waals surface area contributed by atoms with Crippen molar-refractivity contribution in [3.63, 3.8) is 0 Å². The van der Waals surface area contributed by atoms with Gasteiger partial charge in [0.15, 0.2) is 0 Å². The lowest BCUT2D eigenvalue weighted by Crippen LogP contribution is -1.88. The Kier molecular flexibility index (Phi) is 17.8. The van der Waals surface area contributed by atoms with Gasteiger partial charge in [0.25, 0.3) is 10.1 Å². The fourth-order valence-corrected chi connectivity index (χ4v) is 1.60. The molecule has 28 heavy (non-hydrogen) atoms. The molecule has 0 amide bonds. The first-order chi connectivity index (χ1) is 13.2. The lowest BCUT2D eigenvalue weighted by molar-refractivity contribution is 0.490.